The molecule has 2 aromatic heterocycles. The van der Waals surface area contributed by atoms with Gasteiger partial charge in [0.1, 0.15) is 11.6 Å². The number of hydrogen-bond acceptors (Lipinski definition) is 8. The van der Waals surface area contributed by atoms with Crippen molar-refractivity contribution in [3.05, 3.63) is 41.2 Å². The average Bonchev–Trinajstić information content (AvgIpc) is 3.23. The molecule has 3 aromatic rings. The summed E-state index contributed by atoms with van der Waals surface area (Å²) in [6, 6.07) is 4.66. The van der Waals surface area contributed by atoms with E-state index in [0.29, 0.717) is 36.1 Å². The van der Waals surface area contributed by atoms with Crippen LogP contribution in [0, 0.1) is 13.8 Å². The van der Waals surface area contributed by atoms with E-state index in [4.69, 9.17) is 9.88 Å². The van der Waals surface area contributed by atoms with Gasteiger partial charge in [0.2, 0.25) is 16.0 Å². The summed E-state index contributed by atoms with van der Waals surface area (Å²) in [6.45, 7) is 4.35. The zero-order valence-corrected chi connectivity index (χ0v) is 16.1. The molecule has 0 saturated heterocycles. The van der Waals surface area contributed by atoms with E-state index in [-0.39, 0.29) is 10.8 Å². The van der Waals surface area contributed by atoms with Crippen LogP contribution in [0.4, 0.5) is 23.3 Å². The third-order valence-corrected chi connectivity index (χ3v) is 5.38. The van der Waals surface area contributed by atoms with Crippen molar-refractivity contribution in [1.29, 1.82) is 0 Å². The van der Waals surface area contributed by atoms with Gasteiger partial charge in [0.05, 0.1) is 17.2 Å². The van der Waals surface area contributed by atoms with E-state index < -0.39 is 10.0 Å². The summed E-state index contributed by atoms with van der Waals surface area (Å²) in [5.41, 5.74) is 3.16. The van der Waals surface area contributed by atoms with Gasteiger partial charge < -0.3 is 15.4 Å². The summed E-state index contributed by atoms with van der Waals surface area (Å²) in [4.78, 5) is 8.61. The molecular formula is C17H19N7O3S. The molecule has 0 bridgehead atoms. The molecule has 0 unspecified atom stereocenters. The number of aryl methyl sites for hydroxylation is 1. The first kappa shape index (κ1) is 18.2. The van der Waals surface area contributed by atoms with Crippen molar-refractivity contribution in [2.24, 2.45) is 5.14 Å². The molecular weight excluding hydrogens is 382 g/mol. The zero-order chi connectivity index (χ0) is 19.9. The molecule has 28 heavy (non-hydrogen) atoms. The Morgan fingerprint density at radius 2 is 2.07 bits per heavy atom. The number of sulfonamides is 1. The lowest BCUT2D eigenvalue weighted by Crippen LogP contribution is -2.13. The third-order valence-electron chi connectivity index (χ3n) is 4.49. The van der Waals surface area contributed by atoms with E-state index in [1.54, 1.807) is 12.3 Å². The first-order chi connectivity index (χ1) is 13.3. The highest BCUT2D eigenvalue weighted by molar-refractivity contribution is 7.89. The Balaban J connectivity index is 1.65. The van der Waals surface area contributed by atoms with Crippen LogP contribution in [0.15, 0.2) is 29.3 Å². The molecule has 10 nitrogen and oxygen atoms in total. The second-order valence-electron chi connectivity index (χ2n) is 6.44. The van der Waals surface area contributed by atoms with Crippen LogP contribution in [0.25, 0.3) is 0 Å². The summed E-state index contributed by atoms with van der Waals surface area (Å²) in [5, 5.41) is 18.5. The Morgan fingerprint density at radius 1 is 1.25 bits per heavy atom. The van der Waals surface area contributed by atoms with Crippen LogP contribution in [0.5, 0.6) is 5.75 Å². The van der Waals surface area contributed by atoms with Crippen molar-refractivity contribution < 1.29 is 13.2 Å². The van der Waals surface area contributed by atoms with Crippen molar-refractivity contribution in [3.8, 4) is 5.75 Å². The van der Waals surface area contributed by atoms with E-state index in [2.05, 4.69) is 30.8 Å². The summed E-state index contributed by atoms with van der Waals surface area (Å²) < 4.78 is 29.2. The topological polar surface area (TPSA) is 148 Å². The third kappa shape index (κ3) is 3.49. The van der Waals surface area contributed by atoms with Crippen molar-refractivity contribution in [2.75, 3.05) is 17.2 Å². The predicted octanol–water partition coefficient (Wildman–Crippen LogP) is 1.89. The van der Waals surface area contributed by atoms with E-state index in [1.807, 2.05) is 13.8 Å². The lowest BCUT2D eigenvalue weighted by molar-refractivity contribution is 0.358. The van der Waals surface area contributed by atoms with Gasteiger partial charge in [-0.05, 0) is 32.0 Å². The molecule has 1 aromatic carbocycles. The van der Waals surface area contributed by atoms with Gasteiger partial charge in [-0.25, -0.2) is 18.5 Å². The molecule has 0 aliphatic carbocycles. The Labute approximate surface area is 161 Å². The second-order valence-corrected chi connectivity index (χ2v) is 8.00. The van der Waals surface area contributed by atoms with Crippen LogP contribution in [0.3, 0.4) is 0 Å². The second kappa shape index (κ2) is 6.77. The van der Waals surface area contributed by atoms with Gasteiger partial charge >= 0.3 is 0 Å². The SMILES string of the molecule is Cc1[nH]nc(Nc2ccnc(Nc3cc(S(N)(=O)=O)cc4c3OCC4)n2)c1C. The highest BCUT2D eigenvalue weighted by Crippen LogP contribution is 2.37. The van der Waals surface area contributed by atoms with E-state index in [1.165, 1.54) is 12.1 Å². The molecule has 1 aliphatic heterocycles. The molecule has 0 amide bonds. The number of aromatic amines is 1. The highest BCUT2D eigenvalue weighted by Gasteiger charge is 2.22. The van der Waals surface area contributed by atoms with Crippen LogP contribution < -0.4 is 20.5 Å². The Morgan fingerprint density at radius 3 is 2.79 bits per heavy atom. The van der Waals surface area contributed by atoms with E-state index >= 15 is 0 Å². The first-order valence-corrected chi connectivity index (χ1v) is 10.1. The van der Waals surface area contributed by atoms with Gasteiger partial charge in [0.15, 0.2) is 5.82 Å². The van der Waals surface area contributed by atoms with Crippen LogP contribution in [0.1, 0.15) is 16.8 Å². The number of primary sulfonamides is 1. The molecule has 4 rings (SSSR count). The molecule has 1 aliphatic rings. The van der Waals surface area contributed by atoms with Crippen molar-refractivity contribution in [1.82, 2.24) is 20.2 Å². The maximum Gasteiger partial charge on any atom is 0.238 e. The van der Waals surface area contributed by atoms with Crippen LogP contribution in [-0.4, -0.2) is 35.2 Å². The summed E-state index contributed by atoms with van der Waals surface area (Å²) in [7, 11) is -3.85. The summed E-state index contributed by atoms with van der Waals surface area (Å²) in [5.74, 6) is 2.06. The van der Waals surface area contributed by atoms with E-state index in [9.17, 15) is 8.42 Å². The fourth-order valence-electron chi connectivity index (χ4n) is 2.87. The van der Waals surface area contributed by atoms with Crippen LogP contribution in [-0.2, 0) is 16.4 Å². The van der Waals surface area contributed by atoms with Crippen molar-refractivity contribution >= 4 is 33.3 Å². The van der Waals surface area contributed by atoms with Gasteiger partial charge in [-0.1, -0.05) is 0 Å². The number of H-pyrrole nitrogens is 1. The maximum absolute atomic E-state index is 11.8. The lowest BCUT2D eigenvalue weighted by Gasteiger charge is -2.12. The summed E-state index contributed by atoms with van der Waals surface area (Å²) in [6.07, 6.45) is 2.19. The summed E-state index contributed by atoms with van der Waals surface area (Å²) >= 11 is 0. The Bertz CT molecular complexity index is 1160. The van der Waals surface area contributed by atoms with Crippen molar-refractivity contribution in [2.45, 2.75) is 25.2 Å². The van der Waals surface area contributed by atoms with Crippen LogP contribution in [0.2, 0.25) is 0 Å². The zero-order valence-electron chi connectivity index (χ0n) is 15.3. The number of nitrogens with one attached hydrogen (secondary N) is 3. The number of ether oxygens (including phenoxy) is 1. The smallest absolute Gasteiger partial charge is 0.238 e. The lowest BCUT2D eigenvalue weighted by atomic mass is 10.1. The number of anilines is 4. The molecule has 11 heteroatoms. The van der Waals surface area contributed by atoms with Gasteiger partial charge in [-0.15, -0.1) is 0 Å². The average molecular weight is 401 g/mol. The number of hydrogen-bond donors (Lipinski definition) is 4. The first-order valence-electron chi connectivity index (χ1n) is 8.52. The minimum absolute atomic E-state index is 0.0103. The molecule has 0 atom stereocenters. The van der Waals surface area contributed by atoms with E-state index in [0.717, 1.165) is 16.8 Å². The predicted molar refractivity (Wildman–Crippen MR) is 104 cm³/mol. The molecule has 0 saturated carbocycles. The molecule has 0 radical (unpaired) electrons. The number of nitrogens with two attached hydrogens (primary N) is 1. The molecule has 0 spiro atoms. The Hall–Kier alpha value is -3.18. The number of rotatable bonds is 5. The normalized spacial score (nSPS) is 13.1. The number of fused-ring (bicyclic) bond motifs is 1. The molecule has 0 fully saturated rings. The van der Waals surface area contributed by atoms with Gasteiger partial charge in [-0.3, -0.25) is 5.10 Å². The van der Waals surface area contributed by atoms with Gasteiger partial charge in [0.25, 0.3) is 0 Å². The van der Waals surface area contributed by atoms with Crippen LogP contribution >= 0.6 is 0 Å². The molecule has 5 N–H and O–H groups in total. The highest BCUT2D eigenvalue weighted by atomic mass is 32.2. The number of nitrogens with zero attached hydrogens (tertiary/aromatic N) is 3. The maximum atomic E-state index is 11.8. The fourth-order valence-corrected chi connectivity index (χ4v) is 3.46. The quantitative estimate of drug-likeness (QED) is 0.506. The van der Waals surface area contributed by atoms with Crippen molar-refractivity contribution in [3.63, 3.8) is 0 Å². The molecule has 3 heterocycles. The monoisotopic (exact) mass is 401 g/mol. The van der Waals surface area contributed by atoms with Gasteiger partial charge in [0, 0.05) is 29.4 Å². The number of aromatic nitrogens is 4. The minimum atomic E-state index is -3.85. The van der Waals surface area contributed by atoms with Gasteiger partial charge in [-0.2, -0.15) is 10.1 Å². The number of benzene rings is 1. The Kier molecular flexibility index (Phi) is 4.40. The molecule has 146 valence electrons. The largest absolute Gasteiger partial charge is 0.491 e. The fraction of sp³-hybridized carbons (Fsp3) is 0.235. The standard InChI is InChI=1S/C17H19N7O3S/c1-9-10(2)23-24-16(9)21-14-3-5-19-17(22-14)20-13-8-12(28(18,25)26)7-11-4-6-27-15(11)13/h3,5,7-8H,4,6H2,1-2H3,(H2,18,25,26)(H3,19,20,21,22,23,24). The minimum Gasteiger partial charge on any atom is -0.491 e.